The average Bonchev–Trinajstić information content (AvgIpc) is 2.82. The first-order chi connectivity index (χ1) is 15.9. The number of carbonyl (C=O) groups is 1. The molecule has 4 N–H and O–H groups in total. The fourth-order valence-corrected chi connectivity index (χ4v) is 3.92. The molecule has 9 nitrogen and oxygen atoms in total. The van der Waals surface area contributed by atoms with Crippen LogP contribution in [-0.2, 0) is 17.8 Å². The van der Waals surface area contributed by atoms with Crippen molar-refractivity contribution in [2.45, 2.75) is 51.7 Å². The first-order valence-corrected chi connectivity index (χ1v) is 11.1. The van der Waals surface area contributed by atoms with Crippen LogP contribution in [0, 0.1) is 11.2 Å². The van der Waals surface area contributed by atoms with Crippen molar-refractivity contribution in [2.75, 3.05) is 18.9 Å². The summed E-state index contributed by atoms with van der Waals surface area (Å²) in [6.07, 6.45) is 5.21. The summed E-state index contributed by atoms with van der Waals surface area (Å²) in [6, 6.07) is 6.33. The van der Waals surface area contributed by atoms with Gasteiger partial charge in [0, 0.05) is 44.1 Å². The molecule has 0 radical (unpaired) electrons. The molecule has 3 rings (SSSR count). The topological polar surface area (TPSA) is 118 Å². The highest BCUT2D eigenvalue weighted by Crippen LogP contribution is 2.20. The number of rotatable bonds is 9. The van der Waals surface area contributed by atoms with E-state index in [1.54, 1.807) is 24.1 Å². The molecule has 0 spiro atoms. The third kappa shape index (κ3) is 6.32. The van der Waals surface area contributed by atoms with E-state index >= 15 is 0 Å². The van der Waals surface area contributed by atoms with Crippen LogP contribution in [0.25, 0.3) is 0 Å². The Kier molecular flexibility index (Phi) is 8.42. The number of anilines is 2. The molecule has 0 bridgehead atoms. The van der Waals surface area contributed by atoms with E-state index in [2.05, 4.69) is 38.1 Å². The first kappa shape index (κ1) is 24.2. The highest BCUT2D eigenvalue weighted by molar-refractivity contribution is 6.60. The number of hydrogen-bond acceptors (Lipinski definition) is 8. The summed E-state index contributed by atoms with van der Waals surface area (Å²) in [7, 11) is 1.61. The average molecular weight is 455 g/mol. The van der Waals surface area contributed by atoms with Crippen LogP contribution in [-0.4, -0.2) is 58.4 Å². The number of hydrogen-bond donors (Lipinski definition) is 4. The largest absolute Gasteiger partial charge is 0.334 e. The van der Waals surface area contributed by atoms with E-state index in [1.807, 2.05) is 13.1 Å². The van der Waals surface area contributed by atoms with E-state index in [1.165, 1.54) is 12.1 Å². The van der Waals surface area contributed by atoms with Crippen LogP contribution in [0.4, 0.5) is 16.0 Å². The van der Waals surface area contributed by atoms with E-state index in [0.29, 0.717) is 19.0 Å². The summed E-state index contributed by atoms with van der Waals surface area (Å²) in [5, 5.41) is 18.0. The van der Waals surface area contributed by atoms with Crippen molar-refractivity contribution in [3.63, 3.8) is 0 Å². The minimum absolute atomic E-state index is 0.0255. The molecule has 176 valence electrons. The molecule has 2 atom stereocenters. The zero-order valence-corrected chi connectivity index (χ0v) is 19.2. The molecule has 1 saturated heterocycles. The van der Waals surface area contributed by atoms with Gasteiger partial charge in [0.05, 0.1) is 11.9 Å². The standard InChI is InChI=1S/C23H31FN8O/c1-4-16-13-28-23(29-18-7-5-17(24)6-8-18)30-21(16)14-27-19-9-10-32(15(2)11-19)22(33)20(12-25)31-26-3/h5-8,12-13,15,19,25-27H,4,9-11,14H2,1-3H3,(H,28,29,30)/t15-,19-/m1/s1. The number of aromatic nitrogens is 2. The Hall–Kier alpha value is -3.40. The summed E-state index contributed by atoms with van der Waals surface area (Å²) in [6.45, 7) is 5.26. The second-order valence-electron chi connectivity index (χ2n) is 7.97. The Bertz CT molecular complexity index is 994. The van der Waals surface area contributed by atoms with Gasteiger partial charge in [-0.15, -0.1) is 0 Å². The number of carbonyl (C=O) groups excluding carboxylic acids is 1. The highest BCUT2D eigenvalue weighted by atomic mass is 19.1. The Balaban J connectivity index is 1.61. The molecule has 1 aromatic carbocycles. The van der Waals surface area contributed by atoms with Gasteiger partial charge in [-0.3, -0.25) is 4.79 Å². The maximum Gasteiger partial charge on any atom is 0.276 e. The second kappa shape index (κ2) is 11.5. The molecule has 0 saturated carbocycles. The van der Waals surface area contributed by atoms with Gasteiger partial charge in [0.15, 0.2) is 5.71 Å². The van der Waals surface area contributed by atoms with Crippen molar-refractivity contribution in [2.24, 2.45) is 5.10 Å². The molecule has 2 aromatic rings. The molecule has 10 heteroatoms. The SMILES string of the molecule is CCc1cnc(Nc2ccc(F)cc2)nc1CN[C@@H]1CCN(C(=O)C(C=N)=NNC)[C@H](C)C1. The van der Waals surface area contributed by atoms with Crippen LogP contribution in [0.3, 0.4) is 0 Å². The zero-order valence-electron chi connectivity index (χ0n) is 19.2. The van der Waals surface area contributed by atoms with Crippen LogP contribution >= 0.6 is 0 Å². The minimum atomic E-state index is -0.293. The number of amides is 1. The molecule has 1 amide bonds. The minimum Gasteiger partial charge on any atom is -0.334 e. The van der Waals surface area contributed by atoms with Gasteiger partial charge in [-0.25, -0.2) is 14.4 Å². The van der Waals surface area contributed by atoms with Crippen molar-refractivity contribution in [3.05, 3.63) is 47.5 Å². The van der Waals surface area contributed by atoms with E-state index in [9.17, 15) is 9.18 Å². The number of benzene rings is 1. The number of aryl methyl sites for hydroxylation is 1. The van der Waals surface area contributed by atoms with Crippen molar-refractivity contribution >= 4 is 29.5 Å². The molecule has 2 heterocycles. The van der Waals surface area contributed by atoms with E-state index < -0.39 is 0 Å². The number of nitrogens with zero attached hydrogens (tertiary/aromatic N) is 4. The van der Waals surface area contributed by atoms with E-state index in [4.69, 9.17) is 5.41 Å². The molecular formula is C23H31FN8O. The molecule has 33 heavy (non-hydrogen) atoms. The Labute approximate surface area is 193 Å². The Morgan fingerprint density at radius 1 is 1.36 bits per heavy atom. The fraction of sp³-hybridized carbons (Fsp3) is 0.435. The lowest BCUT2D eigenvalue weighted by Crippen LogP contribution is -2.52. The predicted molar refractivity (Wildman–Crippen MR) is 127 cm³/mol. The number of hydrazone groups is 1. The summed E-state index contributed by atoms with van der Waals surface area (Å²) < 4.78 is 13.1. The van der Waals surface area contributed by atoms with Gasteiger partial charge in [-0.2, -0.15) is 5.10 Å². The summed E-state index contributed by atoms with van der Waals surface area (Å²) in [5.41, 5.74) is 5.37. The lowest BCUT2D eigenvalue weighted by molar-refractivity contribution is -0.127. The molecule has 1 fully saturated rings. The molecule has 1 aliphatic rings. The highest BCUT2D eigenvalue weighted by Gasteiger charge is 2.30. The van der Waals surface area contributed by atoms with Gasteiger partial charge < -0.3 is 26.4 Å². The van der Waals surface area contributed by atoms with Crippen molar-refractivity contribution in [3.8, 4) is 0 Å². The van der Waals surface area contributed by atoms with Gasteiger partial charge in [0.25, 0.3) is 5.91 Å². The third-order valence-corrected chi connectivity index (χ3v) is 5.72. The fourth-order valence-electron chi connectivity index (χ4n) is 3.92. The molecule has 1 aliphatic heterocycles. The summed E-state index contributed by atoms with van der Waals surface area (Å²) in [4.78, 5) is 23.5. The number of piperidine rings is 1. The van der Waals surface area contributed by atoms with Gasteiger partial charge >= 0.3 is 0 Å². The zero-order chi connectivity index (χ0) is 23.8. The monoisotopic (exact) mass is 454 g/mol. The maximum absolute atomic E-state index is 13.1. The van der Waals surface area contributed by atoms with Gasteiger partial charge in [-0.1, -0.05) is 6.92 Å². The molecule has 1 aromatic heterocycles. The van der Waals surface area contributed by atoms with Crippen molar-refractivity contribution < 1.29 is 9.18 Å². The van der Waals surface area contributed by atoms with Crippen LogP contribution in [0.2, 0.25) is 0 Å². The lowest BCUT2D eigenvalue weighted by Gasteiger charge is -2.38. The van der Waals surface area contributed by atoms with Crippen LogP contribution in [0.15, 0.2) is 35.6 Å². The smallest absolute Gasteiger partial charge is 0.276 e. The number of nitrogens with one attached hydrogen (secondary N) is 4. The van der Waals surface area contributed by atoms with Crippen LogP contribution < -0.4 is 16.1 Å². The molecule has 0 unspecified atom stereocenters. The van der Waals surface area contributed by atoms with E-state index in [-0.39, 0.29) is 29.5 Å². The van der Waals surface area contributed by atoms with Gasteiger partial charge in [0.1, 0.15) is 5.82 Å². The third-order valence-electron chi connectivity index (χ3n) is 5.72. The lowest BCUT2D eigenvalue weighted by atomic mass is 9.97. The number of halogens is 1. The summed E-state index contributed by atoms with van der Waals surface area (Å²) in [5.74, 6) is -0.0590. The normalized spacial score (nSPS) is 18.7. The van der Waals surface area contributed by atoms with Crippen molar-refractivity contribution in [1.82, 2.24) is 25.6 Å². The van der Waals surface area contributed by atoms with Crippen LogP contribution in [0.5, 0.6) is 0 Å². The van der Waals surface area contributed by atoms with Gasteiger partial charge in [-0.05, 0) is 56.0 Å². The number of likely N-dealkylation sites (tertiary alicyclic amines) is 1. The Morgan fingerprint density at radius 2 is 2.12 bits per heavy atom. The maximum atomic E-state index is 13.1. The predicted octanol–water partition coefficient (Wildman–Crippen LogP) is 2.62. The Morgan fingerprint density at radius 3 is 2.76 bits per heavy atom. The second-order valence-corrected chi connectivity index (χ2v) is 7.97. The molecular weight excluding hydrogens is 423 g/mol. The quantitative estimate of drug-likeness (QED) is 0.342. The van der Waals surface area contributed by atoms with E-state index in [0.717, 1.165) is 42.4 Å². The van der Waals surface area contributed by atoms with Crippen molar-refractivity contribution in [1.29, 1.82) is 5.41 Å². The van der Waals surface area contributed by atoms with Crippen LogP contribution in [0.1, 0.15) is 37.9 Å². The summed E-state index contributed by atoms with van der Waals surface area (Å²) >= 11 is 0. The molecule has 0 aliphatic carbocycles. The first-order valence-electron chi connectivity index (χ1n) is 11.1. The van der Waals surface area contributed by atoms with Gasteiger partial charge in [0.2, 0.25) is 5.95 Å².